The van der Waals surface area contributed by atoms with Crippen LogP contribution in [0, 0.1) is 5.92 Å². The summed E-state index contributed by atoms with van der Waals surface area (Å²) in [5.74, 6) is 2.08. The first-order valence-electron chi connectivity index (χ1n) is 10.2. The number of anilines is 1. The zero-order valence-corrected chi connectivity index (χ0v) is 18.4. The summed E-state index contributed by atoms with van der Waals surface area (Å²) in [4.78, 5) is 21.4. The highest BCUT2D eigenvalue weighted by Crippen LogP contribution is 2.24. The van der Waals surface area contributed by atoms with E-state index in [0.717, 1.165) is 39.9 Å². The molecule has 0 saturated heterocycles. The minimum Gasteiger partial charge on any atom is -0.369 e. The molecule has 0 fully saturated rings. The number of aromatic nitrogens is 4. The average Bonchev–Trinajstić information content (AvgIpc) is 3.14. The van der Waals surface area contributed by atoms with Gasteiger partial charge >= 0.3 is 0 Å². The Morgan fingerprint density at radius 1 is 1.23 bits per heavy atom. The lowest BCUT2D eigenvalue weighted by atomic mass is 10.2. The highest BCUT2D eigenvalue weighted by atomic mass is 32.2. The van der Waals surface area contributed by atoms with Crippen LogP contribution in [0.2, 0.25) is 0 Å². The van der Waals surface area contributed by atoms with E-state index in [2.05, 4.69) is 46.5 Å². The molecule has 7 nitrogen and oxygen atoms in total. The van der Waals surface area contributed by atoms with Crippen molar-refractivity contribution >= 4 is 40.6 Å². The lowest BCUT2D eigenvalue weighted by molar-refractivity contribution is -0.116. The fourth-order valence-corrected chi connectivity index (χ4v) is 3.37. The monoisotopic (exact) mass is 424 g/mol. The Hall–Kier alpha value is -2.87. The van der Waals surface area contributed by atoms with Gasteiger partial charge in [0.05, 0.1) is 18.1 Å². The van der Waals surface area contributed by atoms with Crippen molar-refractivity contribution in [3.63, 3.8) is 0 Å². The predicted octanol–water partition coefficient (Wildman–Crippen LogP) is 3.84. The van der Waals surface area contributed by atoms with Gasteiger partial charge in [-0.05, 0) is 23.3 Å². The van der Waals surface area contributed by atoms with Crippen LogP contribution in [0.3, 0.4) is 0 Å². The van der Waals surface area contributed by atoms with Gasteiger partial charge in [-0.2, -0.15) is 5.10 Å². The third kappa shape index (κ3) is 6.06. The standard InChI is InChI=1S/C22H28N6OS/c1-4-30-22-26-20(24-14-16(2)3)18-15-25-28(21(18)27-22)13-12-23-19(29)11-10-17-8-6-5-7-9-17/h5-11,15-16H,4,12-14H2,1-3H3,(H,23,29)(H,24,26,27)/b11-10-. The van der Waals surface area contributed by atoms with Gasteiger partial charge in [0.1, 0.15) is 5.82 Å². The minimum absolute atomic E-state index is 0.133. The maximum absolute atomic E-state index is 12.1. The number of carbonyl (C=O) groups excluding carboxylic acids is 1. The van der Waals surface area contributed by atoms with E-state index in [-0.39, 0.29) is 5.91 Å². The van der Waals surface area contributed by atoms with Crippen molar-refractivity contribution in [1.29, 1.82) is 0 Å². The Morgan fingerprint density at radius 3 is 2.77 bits per heavy atom. The highest BCUT2D eigenvalue weighted by molar-refractivity contribution is 7.99. The number of hydrogen-bond acceptors (Lipinski definition) is 6. The molecule has 3 aromatic rings. The van der Waals surface area contributed by atoms with Crippen molar-refractivity contribution in [2.75, 3.05) is 24.2 Å². The van der Waals surface area contributed by atoms with Crippen molar-refractivity contribution in [2.24, 2.45) is 5.92 Å². The van der Waals surface area contributed by atoms with Gasteiger partial charge < -0.3 is 10.6 Å². The molecular formula is C22H28N6OS. The number of amides is 1. The molecule has 2 N–H and O–H groups in total. The van der Waals surface area contributed by atoms with E-state index >= 15 is 0 Å². The van der Waals surface area contributed by atoms with Gasteiger partial charge in [-0.3, -0.25) is 4.79 Å². The largest absolute Gasteiger partial charge is 0.369 e. The van der Waals surface area contributed by atoms with Crippen molar-refractivity contribution in [3.05, 3.63) is 48.2 Å². The topological polar surface area (TPSA) is 84.7 Å². The van der Waals surface area contributed by atoms with E-state index in [1.165, 1.54) is 0 Å². The molecule has 0 saturated carbocycles. The first-order valence-corrected chi connectivity index (χ1v) is 11.2. The molecule has 0 aliphatic rings. The first-order chi connectivity index (χ1) is 14.6. The number of fused-ring (bicyclic) bond motifs is 1. The number of nitrogens with one attached hydrogen (secondary N) is 2. The van der Waals surface area contributed by atoms with Crippen LogP contribution in [0.15, 0.2) is 47.8 Å². The summed E-state index contributed by atoms with van der Waals surface area (Å²) in [5.41, 5.74) is 1.77. The lowest BCUT2D eigenvalue weighted by Crippen LogP contribution is -2.25. The SMILES string of the molecule is CCSc1nc(NCC(C)C)c2cnn(CCNC(=O)/C=C\c3ccccc3)c2n1. The van der Waals surface area contributed by atoms with Gasteiger partial charge in [0.25, 0.3) is 0 Å². The normalized spacial score (nSPS) is 11.5. The van der Waals surface area contributed by atoms with E-state index in [9.17, 15) is 4.79 Å². The van der Waals surface area contributed by atoms with Gasteiger partial charge in [0, 0.05) is 19.2 Å². The quantitative estimate of drug-likeness (QED) is 0.292. The smallest absolute Gasteiger partial charge is 0.244 e. The van der Waals surface area contributed by atoms with Gasteiger partial charge in [0.15, 0.2) is 10.8 Å². The summed E-state index contributed by atoms with van der Waals surface area (Å²) in [7, 11) is 0. The molecule has 0 spiro atoms. The van der Waals surface area contributed by atoms with Crippen molar-refractivity contribution in [3.8, 4) is 0 Å². The van der Waals surface area contributed by atoms with Crippen LogP contribution in [0.1, 0.15) is 26.3 Å². The Labute approximate surface area is 181 Å². The molecule has 2 heterocycles. The molecule has 2 aromatic heterocycles. The summed E-state index contributed by atoms with van der Waals surface area (Å²) in [6.07, 6.45) is 5.13. The Bertz CT molecular complexity index is 1000. The fourth-order valence-electron chi connectivity index (χ4n) is 2.81. The maximum Gasteiger partial charge on any atom is 0.244 e. The fraction of sp³-hybridized carbons (Fsp3) is 0.364. The second kappa shape index (κ2) is 10.8. The summed E-state index contributed by atoms with van der Waals surface area (Å²) in [5, 5.41) is 12.4. The molecule has 0 bridgehead atoms. The van der Waals surface area contributed by atoms with Crippen LogP contribution in [-0.4, -0.2) is 44.5 Å². The Morgan fingerprint density at radius 2 is 2.03 bits per heavy atom. The molecule has 3 rings (SSSR count). The molecule has 0 atom stereocenters. The third-order valence-corrected chi connectivity index (χ3v) is 5.01. The van der Waals surface area contributed by atoms with E-state index in [4.69, 9.17) is 0 Å². The van der Waals surface area contributed by atoms with Gasteiger partial charge in [-0.25, -0.2) is 14.6 Å². The van der Waals surface area contributed by atoms with Crippen LogP contribution in [0.25, 0.3) is 17.1 Å². The van der Waals surface area contributed by atoms with E-state index in [0.29, 0.717) is 19.0 Å². The maximum atomic E-state index is 12.1. The Balaban J connectivity index is 1.66. The van der Waals surface area contributed by atoms with Crippen molar-refractivity contribution < 1.29 is 4.79 Å². The summed E-state index contributed by atoms with van der Waals surface area (Å²) in [6.45, 7) is 8.22. The van der Waals surface area contributed by atoms with Crippen LogP contribution in [0.4, 0.5) is 5.82 Å². The van der Waals surface area contributed by atoms with Crippen LogP contribution in [0.5, 0.6) is 0 Å². The summed E-state index contributed by atoms with van der Waals surface area (Å²) < 4.78 is 1.82. The van der Waals surface area contributed by atoms with Gasteiger partial charge in [-0.1, -0.05) is 62.9 Å². The molecule has 158 valence electrons. The molecule has 1 aromatic carbocycles. The summed E-state index contributed by atoms with van der Waals surface area (Å²) in [6, 6.07) is 9.74. The lowest BCUT2D eigenvalue weighted by Gasteiger charge is -2.11. The van der Waals surface area contributed by atoms with E-state index in [1.54, 1.807) is 30.1 Å². The number of carbonyl (C=O) groups is 1. The molecule has 8 heteroatoms. The van der Waals surface area contributed by atoms with Crippen molar-refractivity contribution in [2.45, 2.75) is 32.5 Å². The highest BCUT2D eigenvalue weighted by Gasteiger charge is 2.13. The van der Waals surface area contributed by atoms with E-state index < -0.39 is 0 Å². The number of thioether (sulfide) groups is 1. The van der Waals surface area contributed by atoms with E-state index in [1.807, 2.05) is 35.0 Å². The third-order valence-electron chi connectivity index (χ3n) is 4.28. The molecule has 0 aliphatic carbocycles. The number of benzene rings is 1. The first kappa shape index (κ1) is 21.8. The molecular weight excluding hydrogens is 396 g/mol. The minimum atomic E-state index is -0.133. The summed E-state index contributed by atoms with van der Waals surface area (Å²) >= 11 is 1.60. The molecule has 0 unspecified atom stereocenters. The molecule has 0 radical (unpaired) electrons. The zero-order chi connectivity index (χ0) is 21.3. The second-order valence-corrected chi connectivity index (χ2v) is 8.43. The van der Waals surface area contributed by atoms with Gasteiger partial charge in [-0.15, -0.1) is 0 Å². The van der Waals surface area contributed by atoms with Crippen LogP contribution < -0.4 is 10.6 Å². The molecule has 30 heavy (non-hydrogen) atoms. The van der Waals surface area contributed by atoms with Gasteiger partial charge in [0.2, 0.25) is 5.91 Å². The predicted molar refractivity (Wildman–Crippen MR) is 124 cm³/mol. The number of rotatable bonds is 10. The van der Waals surface area contributed by atoms with Crippen LogP contribution in [-0.2, 0) is 11.3 Å². The number of nitrogens with zero attached hydrogens (tertiary/aromatic N) is 4. The van der Waals surface area contributed by atoms with Crippen LogP contribution >= 0.6 is 11.8 Å². The zero-order valence-electron chi connectivity index (χ0n) is 17.6. The molecule has 0 aliphatic heterocycles. The molecule has 1 amide bonds. The Kier molecular flexibility index (Phi) is 7.84. The average molecular weight is 425 g/mol. The number of hydrogen-bond donors (Lipinski definition) is 2. The second-order valence-electron chi connectivity index (χ2n) is 7.20. The van der Waals surface area contributed by atoms with Crippen molar-refractivity contribution in [1.82, 2.24) is 25.1 Å².